The van der Waals surface area contributed by atoms with Crippen molar-refractivity contribution in [1.29, 1.82) is 0 Å². The standard InChI is InChI=1S/C19H31N3O/c1-14(2)22-15(3)12-20-18(22)11-16-9-10-21(13-16)19(23)17-7-5-4-6-8-17/h12,14,16-17H,4-11,13H2,1-3H3. The third-order valence-corrected chi connectivity index (χ3v) is 5.60. The minimum absolute atomic E-state index is 0.308. The van der Waals surface area contributed by atoms with Gasteiger partial charge in [0.15, 0.2) is 0 Å². The van der Waals surface area contributed by atoms with Gasteiger partial charge in [-0.1, -0.05) is 19.3 Å². The maximum absolute atomic E-state index is 12.7. The lowest BCUT2D eigenvalue weighted by molar-refractivity contribution is -0.135. The molecule has 2 heterocycles. The third-order valence-electron chi connectivity index (χ3n) is 5.60. The van der Waals surface area contributed by atoms with Crippen LogP contribution in [0.5, 0.6) is 0 Å². The lowest BCUT2D eigenvalue weighted by atomic mass is 9.88. The van der Waals surface area contributed by atoms with E-state index in [9.17, 15) is 4.79 Å². The summed E-state index contributed by atoms with van der Waals surface area (Å²) in [6.07, 6.45) is 10.1. The van der Waals surface area contributed by atoms with Crippen molar-refractivity contribution in [1.82, 2.24) is 14.5 Å². The highest BCUT2D eigenvalue weighted by Crippen LogP contribution is 2.29. The van der Waals surface area contributed by atoms with Crippen LogP contribution in [0.1, 0.15) is 69.9 Å². The van der Waals surface area contributed by atoms with E-state index < -0.39 is 0 Å². The van der Waals surface area contributed by atoms with Crippen molar-refractivity contribution in [3.8, 4) is 0 Å². The van der Waals surface area contributed by atoms with Crippen LogP contribution in [0.3, 0.4) is 0 Å². The molecule has 1 aromatic heterocycles. The van der Waals surface area contributed by atoms with Crippen LogP contribution in [-0.4, -0.2) is 33.4 Å². The Hall–Kier alpha value is -1.32. The highest BCUT2D eigenvalue weighted by molar-refractivity contribution is 5.79. The molecule has 1 saturated heterocycles. The summed E-state index contributed by atoms with van der Waals surface area (Å²) >= 11 is 0. The van der Waals surface area contributed by atoms with E-state index in [1.165, 1.54) is 30.8 Å². The second kappa shape index (κ2) is 7.06. The zero-order valence-corrected chi connectivity index (χ0v) is 14.9. The molecule has 2 fully saturated rings. The molecule has 23 heavy (non-hydrogen) atoms. The Balaban J connectivity index is 1.59. The third kappa shape index (κ3) is 3.61. The van der Waals surface area contributed by atoms with Crippen molar-refractivity contribution in [2.45, 2.75) is 71.8 Å². The summed E-state index contributed by atoms with van der Waals surface area (Å²) in [5, 5.41) is 0. The van der Waals surface area contributed by atoms with Crippen LogP contribution in [-0.2, 0) is 11.2 Å². The minimum Gasteiger partial charge on any atom is -0.342 e. The van der Waals surface area contributed by atoms with Gasteiger partial charge in [0, 0.05) is 43.4 Å². The number of carbonyl (C=O) groups is 1. The second-order valence-corrected chi connectivity index (χ2v) is 7.76. The molecule has 1 aromatic rings. The Morgan fingerprint density at radius 3 is 2.70 bits per heavy atom. The van der Waals surface area contributed by atoms with Crippen LogP contribution < -0.4 is 0 Å². The zero-order valence-electron chi connectivity index (χ0n) is 14.9. The van der Waals surface area contributed by atoms with Gasteiger partial charge < -0.3 is 9.47 Å². The Morgan fingerprint density at radius 1 is 1.26 bits per heavy atom. The number of carbonyl (C=O) groups excluding carboxylic acids is 1. The maximum atomic E-state index is 12.7. The number of imidazole rings is 1. The van der Waals surface area contributed by atoms with Gasteiger partial charge in [0.05, 0.1) is 0 Å². The Kier molecular flexibility index (Phi) is 5.08. The smallest absolute Gasteiger partial charge is 0.225 e. The molecule has 0 aromatic carbocycles. The summed E-state index contributed by atoms with van der Waals surface area (Å²) in [7, 11) is 0. The summed E-state index contributed by atoms with van der Waals surface area (Å²) in [6.45, 7) is 8.43. The molecular formula is C19H31N3O. The second-order valence-electron chi connectivity index (χ2n) is 7.76. The van der Waals surface area contributed by atoms with E-state index in [0.29, 0.717) is 23.8 Å². The molecule has 1 unspecified atom stereocenters. The quantitative estimate of drug-likeness (QED) is 0.848. The van der Waals surface area contributed by atoms with Crippen molar-refractivity contribution < 1.29 is 4.79 Å². The van der Waals surface area contributed by atoms with Crippen LogP contribution >= 0.6 is 0 Å². The number of rotatable bonds is 4. The van der Waals surface area contributed by atoms with E-state index in [1.54, 1.807) is 0 Å². The molecule has 128 valence electrons. The van der Waals surface area contributed by atoms with E-state index in [-0.39, 0.29) is 0 Å². The van der Waals surface area contributed by atoms with E-state index in [4.69, 9.17) is 0 Å². The average Bonchev–Trinajstić information content (AvgIpc) is 3.15. The van der Waals surface area contributed by atoms with Gasteiger partial charge >= 0.3 is 0 Å². The molecular weight excluding hydrogens is 286 g/mol. The van der Waals surface area contributed by atoms with Gasteiger partial charge in [-0.15, -0.1) is 0 Å². The van der Waals surface area contributed by atoms with Gasteiger partial charge in [-0.3, -0.25) is 4.79 Å². The Morgan fingerprint density at radius 2 is 2.00 bits per heavy atom. The van der Waals surface area contributed by atoms with E-state index in [2.05, 4.69) is 35.2 Å². The highest BCUT2D eigenvalue weighted by Gasteiger charge is 2.32. The average molecular weight is 317 g/mol. The largest absolute Gasteiger partial charge is 0.342 e. The summed E-state index contributed by atoms with van der Waals surface area (Å²) in [6, 6.07) is 0.453. The first-order valence-corrected chi connectivity index (χ1v) is 9.37. The summed E-state index contributed by atoms with van der Waals surface area (Å²) in [5.74, 6) is 2.49. The van der Waals surface area contributed by atoms with Gasteiger partial charge in [0.2, 0.25) is 5.91 Å². The van der Waals surface area contributed by atoms with Crippen LogP contribution in [0, 0.1) is 18.8 Å². The molecule has 0 spiro atoms. The number of aromatic nitrogens is 2. The summed E-state index contributed by atoms with van der Waals surface area (Å²) < 4.78 is 2.34. The SMILES string of the molecule is Cc1cnc(CC2CCN(C(=O)C3CCCCC3)C2)n1C(C)C. The maximum Gasteiger partial charge on any atom is 0.225 e. The van der Waals surface area contributed by atoms with E-state index in [0.717, 1.165) is 38.8 Å². The number of aryl methyl sites for hydroxylation is 1. The predicted molar refractivity (Wildman–Crippen MR) is 92.3 cm³/mol. The molecule has 1 saturated carbocycles. The lowest BCUT2D eigenvalue weighted by Gasteiger charge is -2.26. The monoisotopic (exact) mass is 317 g/mol. The first-order chi connectivity index (χ1) is 11.1. The molecule has 4 heteroatoms. The predicted octanol–water partition coefficient (Wildman–Crippen LogP) is 3.74. The van der Waals surface area contributed by atoms with E-state index in [1.807, 2.05) is 6.20 Å². The molecule has 1 aliphatic carbocycles. The van der Waals surface area contributed by atoms with Crippen LogP contribution in [0.25, 0.3) is 0 Å². The number of hydrogen-bond acceptors (Lipinski definition) is 2. The van der Waals surface area contributed by atoms with Gasteiger partial charge in [0.1, 0.15) is 5.82 Å². The topological polar surface area (TPSA) is 38.1 Å². The lowest BCUT2D eigenvalue weighted by Crippen LogP contribution is -2.35. The van der Waals surface area contributed by atoms with Crippen LogP contribution in [0.2, 0.25) is 0 Å². The fourth-order valence-electron chi connectivity index (χ4n) is 4.42. The van der Waals surface area contributed by atoms with Gasteiger partial charge in [-0.25, -0.2) is 4.98 Å². The van der Waals surface area contributed by atoms with Gasteiger partial charge in [-0.2, -0.15) is 0 Å². The fraction of sp³-hybridized carbons (Fsp3) is 0.789. The van der Waals surface area contributed by atoms with Crippen molar-refractivity contribution in [2.75, 3.05) is 13.1 Å². The molecule has 1 amide bonds. The first-order valence-electron chi connectivity index (χ1n) is 9.37. The number of amides is 1. The number of nitrogens with zero attached hydrogens (tertiary/aromatic N) is 3. The molecule has 1 aliphatic heterocycles. The van der Waals surface area contributed by atoms with Crippen molar-refractivity contribution >= 4 is 5.91 Å². The highest BCUT2D eigenvalue weighted by atomic mass is 16.2. The molecule has 2 aliphatic rings. The Labute approximate surface area is 140 Å². The van der Waals surface area contributed by atoms with Crippen molar-refractivity contribution in [3.05, 3.63) is 17.7 Å². The summed E-state index contributed by atoms with van der Waals surface area (Å²) in [4.78, 5) is 19.4. The van der Waals surface area contributed by atoms with Crippen LogP contribution in [0.15, 0.2) is 6.20 Å². The zero-order chi connectivity index (χ0) is 16.4. The number of likely N-dealkylation sites (tertiary alicyclic amines) is 1. The molecule has 3 rings (SSSR count). The fourth-order valence-corrected chi connectivity index (χ4v) is 4.42. The molecule has 0 radical (unpaired) electrons. The normalized spacial score (nSPS) is 23.0. The summed E-state index contributed by atoms with van der Waals surface area (Å²) in [5.41, 5.74) is 1.24. The molecule has 1 atom stereocenters. The van der Waals surface area contributed by atoms with Crippen molar-refractivity contribution in [2.24, 2.45) is 11.8 Å². The molecule has 0 N–H and O–H groups in total. The molecule has 4 nitrogen and oxygen atoms in total. The van der Waals surface area contributed by atoms with E-state index >= 15 is 0 Å². The van der Waals surface area contributed by atoms with Crippen LogP contribution in [0.4, 0.5) is 0 Å². The van der Waals surface area contributed by atoms with Gasteiger partial charge in [-0.05, 0) is 46.0 Å². The number of hydrogen-bond donors (Lipinski definition) is 0. The van der Waals surface area contributed by atoms with Gasteiger partial charge in [0.25, 0.3) is 0 Å². The Bertz CT molecular complexity index is 543. The first kappa shape index (κ1) is 16.5. The minimum atomic E-state index is 0.308. The van der Waals surface area contributed by atoms with Crippen molar-refractivity contribution in [3.63, 3.8) is 0 Å². The molecule has 0 bridgehead atoms.